The molecule has 0 bridgehead atoms. The molecule has 1 N–H and O–H groups in total. The van der Waals surface area contributed by atoms with Gasteiger partial charge in [-0.1, -0.05) is 19.9 Å². The molecule has 1 amide bonds. The molecule has 1 atom stereocenters. The zero-order valence-corrected chi connectivity index (χ0v) is 15.5. The average molecular weight is 363 g/mol. The molecule has 0 aliphatic rings. The van der Waals surface area contributed by atoms with Crippen LogP contribution in [0.4, 0.5) is 0 Å². The summed E-state index contributed by atoms with van der Waals surface area (Å²) in [5.41, 5.74) is 2.71. The van der Waals surface area contributed by atoms with Gasteiger partial charge in [-0.2, -0.15) is 5.10 Å². The number of aromatic nitrogens is 6. The fourth-order valence-corrected chi connectivity index (χ4v) is 3.25. The second kappa shape index (κ2) is 6.79. The van der Waals surface area contributed by atoms with Crippen LogP contribution >= 0.6 is 0 Å². The Hall–Kier alpha value is -3.29. The number of pyridine rings is 1. The first-order valence-electron chi connectivity index (χ1n) is 8.94. The van der Waals surface area contributed by atoms with Crippen molar-refractivity contribution in [1.29, 1.82) is 0 Å². The topological polar surface area (TPSA) is 89.5 Å². The minimum Gasteiger partial charge on any atom is -0.342 e. The van der Waals surface area contributed by atoms with E-state index in [4.69, 9.17) is 0 Å². The number of nitrogens with zero attached hydrogens (tertiary/aromatic N) is 6. The van der Waals surface area contributed by atoms with Crippen molar-refractivity contribution in [3.05, 3.63) is 59.9 Å². The van der Waals surface area contributed by atoms with Gasteiger partial charge in [0, 0.05) is 18.5 Å². The highest BCUT2D eigenvalue weighted by Gasteiger charge is 2.23. The van der Waals surface area contributed by atoms with Crippen LogP contribution in [0.1, 0.15) is 48.2 Å². The Morgan fingerprint density at radius 2 is 2.04 bits per heavy atom. The van der Waals surface area contributed by atoms with Gasteiger partial charge in [0.05, 0.1) is 23.5 Å². The molecule has 0 aliphatic heterocycles. The lowest BCUT2D eigenvalue weighted by Crippen LogP contribution is -2.32. The maximum atomic E-state index is 13.0. The van der Waals surface area contributed by atoms with Crippen molar-refractivity contribution in [2.45, 2.75) is 33.2 Å². The summed E-state index contributed by atoms with van der Waals surface area (Å²) >= 11 is 0. The van der Waals surface area contributed by atoms with Gasteiger partial charge in [0.25, 0.3) is 5.91 Å². The summed E-state index contributed by atoms with van der Waals surface area (Å²) in [5.74, 6) is 0.897. The quantitative estimate of drug-likeness (QED) is 0.589. The maximum absolute atomic E-state index is 13.0. The predicted molar refractivity (Wildman–Crippen MR) is 100 cm³/mol. The van der Waals surface area contributed by atoms with E-state index < -0.39 is 0 Å². The Morgan fingerprint density at radius 3 is 2.85 bits per heavy atom. The predicted octanol–water partition coefficient (Wildman–Crippen LogP) is 2.60. The summed E-state index contributed by atoms with van der Waals surface area (Å²) in [6.45, 7) is 6.09. The van der Waals surface area contributed by atoms with Gasteiger partial charge in [0.1, 0.15) is 0 Å². The van der Waals surface area contributed by atoms with E-state index in [1.807, 2.05) is 35.7 Å². The third-order valence-electron chi connectivity index (χ3n) is 4.56. The van der Waals surface area contributed by atoms with Crippen LogP contribution in [0.25, 0.3) is 11.3 Å². The number of carbonyl (C=O) groups is 1. The molecule has 1 unspecified atom stereocenters. The Balaban J connectivity index is 1.69. The number of carbonyl (C=O) groups excluding carboxylic acids is 1. The third-order valence-corrected chi connectivity index (χ3v) is 4.56. The summed E-state index contributed by atoms with van der Waals surface area (Å²) in [4.78, 5) is 17.3. The normalized spacial score (nSPS) is 12.7. The van der Waals surface area contributed by atoms with Crippen molar-refractivity contribution < 1.29 is 4.79 Å². The van der Waals surface area contributed by atoms with Crippen LogP contribution in [0, 0.1) is 12.8 Å². The molecule has 0 radical (unpaired) electrons. The van der Waals surface area contributed by atoms with Crippen molar-refractivity contribution in [2.75, 3.05) is 0 Å². The monoisotopic (exact) mass is 363 g/mol. The summed E-state index contributed by atoms with van der Waals surface area (Å²) in [7, 11) is 0. The van der Waals surface area contributed by atoms with Gasteiger partial charge >= 0.3 is 0 Å². The lowest BCUT2D eigenvalue weighted by Gasteiger charge is -2.20. The second-order valence-corrected chi connectivity index (χ2v) is 7.00. The van der Waals surface area contributed by atoms with Crippen molar-refractivity contribution in [2.24, 2.45) is 5.92 Å². The van der Waals surface area contributed by atoms with E-state index in [-0.39, 0.29) is 11.9 Å². The number of hydrogen-bond acceptors (Lipinski definition) is 5. The lowest BCUT2D eigenvalue weighted by molar-refractivity contribution is 0.0928. The number of amides is 1. The molecule has 138 valence electrons. The highest BCUT2D eigenvalue weighted by Crippen LogP contribution is 2.21. The van der Waals surface area contributed by atoms with E-state index in [1.165, 1.54) is 0 Å². The van der Waals surface area contributed by atoms with Crippen LogP contribution < -0.4 is 5.32 Å². The molecule has 4 aromatic rings. The molecule has 27 heavy (non-hydrogen) atoms. The van der Waals surface area contributed by atoms with Gasteiger partial charge in [0.2, 0.25) is 0 Å². The van der Waals surface area contributed by atoms with Gasteiger partial charge < -0.3 is 5.32 Å². The molecule has 0 aromatic carbocycles. The smallest absolute Gasteiger partial charge is 0.255 e. The fourth-order valence-electron chi connectivity index (χ4n) is 3.25. The van der Waals surface area contributed by atoms with E-state index in [0.29, 0.717) is 17.1 Å². The van der Waals surface area contributed by atoms with Crippen LogP contribution in [0.15, 0.2) is 42.9 Å². The SMILES string of the molecule is Cc1c(C(=O)NC(CC(C)C)c2nnc3ccccn23)cnc2ccnn12. The summed E-state index contributed by atoms with van der Waals surface area (Å²) in [6.07, 6.45) is 5.92. The number of hydrogen-bond donors (Lipinski definition) is 1. The van der Waals surface area contributed by atoms with Gasteiger partial charge in [-0.3, -0.25) is 9.20 Å². The highest BCUT2D eigenvalue weighted by atomic mass is 16.1. The fraction of sp³-hybridized carbons (Fsp3) is 0.316. The van der Waals surface area contributed by atoms with Crippen molar-refractivity contribution in [3.63, 3.8) is 0 Å². The zero-order chi connectivity index (χ0) is 19.0. The number of rotatable bonds is 5. The molecule has 0 spiro atoms. The molecule has 0 saturated carbocycles. The molecule has 0 aliphatic carbocycles. The van der Waals surface area contributed by atoms with Crippen LogP contribution in [-0.2, 0) is 0 Å². The molecular formula is C19H21N7O. The van der Waals surface area contributed by atoms with Gasteiger partial charge in [0.15, 0.2) is 17.1 Å². The molecule has 4 aromatic heterocycles. The van der Waals surface area contributed by atoms with Crippen LogP contribution in [0.5, 0.6) is 0 Å². The Kier molecular flexibility index (Phi) is 4.31. The molecule has 4 rings (SSSR count). The summed E-state index contributed by atoms with van der Waals surface area (Å²) < 4.78 is 3.58. The number of nitrogens with one attached hydrogen (secondary N) is 1. The molecule has 0 saturated heterocycles. The molecule has 0 fully saturated rings. The van der Waals surface area contributed by atoms with Crippen LogP contribution in [0.3, 0.4) is 0 Å². The molecular weight excluding hydrogens is 342 g/mol. The summed E-state index contributed by atoms with van der Waals surface area (Å²) in [5, 5.41) is 15.9. The van der Waals surface area contributed by atoms with E-state index in [0.717, 1.165) is 23.6 Å². The maximum Gasteiger partial charge on any atom is 0.255 e. The molecule has 8 nitrogen and oxygen atoms in total. The standard InChI is InChI=1S/C19H21N7O/c1-12(2)10-15(18-24-23-17-6-4-5-9-25(17)18)22-19(27)14-11-20-16-7-8-21-26(16)13(14)3/h4-9,11-12,15H,10H2,1-3H3,(H,22,27). The minimum atomic E-state index is -0.261. The zero-order valence-electron chi connectivity index (χ0n) is 15.5. The second-order valence-electron chi connectivity index (χ2n) is 7.00. The number of aryl methyl sites for hydroxylation is 1. The van der Waals surface area contributed by atoms with Gasteiger partial charge in [-0.05, 0) is 31.4 Å². The van der Waals surface area contributed by atoms with Gasteiger partial charge in [-0.25, -0.2) is 9.50 Å². The van der Waals surface area contributed by atoms with Crippen LogP contribution in [0.2, 0.25) is 0 Å². The van der Waals surface area contributed by atoms with Crippen molar-refractivity contribution >= 4 is 17.2 Å². The van der Waals surface area contributed by atoms with Crippen molar-refractivity contribution in [1.82, 2.24) is 34.5 Å². The van der Waals surface area contributed by atoms with Gasteiger partial charge in [-0.15, -0.1) is 10.2 Å². The van der Waals surface area contributed by atoms with E-state index in [1.54, 1.807) is 23.0 Å². The number of fused-ring (bicyclic) bond motifs is 2. The Morgan fingerprint density at radius 1 is 1.19 bits per heavy atom. The first-order valence-corrected chi connectivity index (χ1v) is 8.94. The first-order chi connectivity index (χ1) is 13.0. The lowest BCUT2D eigenvalue weighted by atomic mass is 10.0. The van der Waals surface area contributed by atoms with Crippen molar-refractivity contribution in [3.8, 4) is 0 Å². The first kappa shape index (κ1) is 17.1. The van der Waals surface area contributed by atoms with Crippen LogP contribution in [-0.4, -0.2) is 35.1 Å². The minimum absolute atomic E-state index is 0.198. The van der Waals surface area contributed by atoms with E-state index >= 15 is 0 Å². The molecule has 8 heteroatoms. The van der Waals surface area contributed by atoms with E-state index in [2.05, 4.69) is 39.4 Å². The largest absolute Gasteiger partial charge is 0.342 e. The Labute approximate surface area is 156 Å². The summed E-state index contributed by atoms with van der Waals surface area (Å²) in [6, 6.07) is 7.28. The third kappa shape index (κ3) is 3.14. The van der Waals surface area contributed by atoms with E-state index in [9.17, 15) is 4.79 Å². The average Bonchev–Trinajstić information content (AvgIpc) is 3.28. The Bertz CT molecular complexity index is 1110. The molecule has 4 heterocycles. The highest BCUT2D eigenvalue weighted by molar-refractivity contribution is 5.95.